The van der Waals surface area contributed by atoms with Gasteiger partial charge >= 0.3 is 0 Å². The molecule has 0 radical (unpaired) electrons. The zero-order valence-electron chi connectivity index (χ0n) is 14.4. The minimum atomic E-state index is -0.269. The van der Waals surface area contributed by atoms with Crippen LogP contribution in [0.2, 0.25) is 0 Å². The van der Waals surface area contributed by atoms with Crippen molar-refractivity contribution in [2.24, 2.45) is 0 Å². The van der Waals surface area contributed by atoms with E-state index in [0.717, 1.165) is 16.9 Å². The Hall–Kier alpha value is -4.11. The Bertz CT molecular complexity index is 1020. The maximum absolute atomic E-state index is 11.4. The van der Waals surface area contributed by atoms with E-state index in [4.69, 9.17) is 6.42 Å². The fourth-order valence-corrected chi connectivity index (χ4v) is 2.34. The summed E-state index contributed by atoms with van der Waals surface area (Å²) >= 11 is 0. The minimum Gasteiger partial charge on any atom is -0.340 e. The van der Waals surface area contributed by atoms with E-state index < -0.39 is 0 Å². The first kappa shape index (κ1) is 17.7. The Morgan fingerprint density at radius 1 is 0.963 bits per heavy atom. The van der Waals surface area contributed by atoms with Crippen LogP contribution < -0.4 is 16.0 Å². The molecule has 6 heteroatoms. The van der Waals surface area contributed by atoms with E-state index in [-0.39, 0.29) is 5.91 Å². The molecule has 0 atom stereocenters. The molecule has 1 heterocycles. The highest BCUT2D eigenvalue weighted by Gasteiger charge is 2.03. The molecule has 1 amide bonds. The Labute approximate surface area is 157 Å². The van der Waals surface area contributed by atoms with E-state index in [2.05, 4.69) is 38.4 Å². The Morgan fingerprint density at radius 2 is 1.59 bits per heavy atom. The second-order valence-corrected chi connectivity index (χ2v) is 5.54. The molecule has 132 valence electrons. The number of amides is 1. The molecular weight excluding hydrogens is 338 g/mol. The molecule has 3 aromatic rings. The second-order valence-electron chi connectivity index (χ2n) is 5.54. The van der Waals surface area contributed by atoms with Gasteiger partial charge in [-0.3, -0.25) is 4.79 Å². The number of nitrogens with zero attached hydrogens (tertiary/aromatic N) is 2. The van der Waals surface area contributed by atoms with Crippen LogP contribution in [0.1, 0.15) is 5.56 Å². The summed E-state index contributed by atoms with van der Waals surface area (Å²) in [4.78, 5) is 19.9. The smallest absolute Gasteiger partial charge is 0.247 e. The average Bonchev–Trinajstić information content (AvgIpc) is 2.68. The Kier molecular flexibility index (Phi) is 5.45. The van der Waals surface area contributed by atoms with Gasteiger partial charge in [0.2, 0.25) is 5.91 Å². The standard InChI is InChI=1S/C21H17N5O/c1-3-15-7-5-8-16(11-15)24-19-13-20(23-14-22-19)25-17-9-6-10-18(12-17)26-21(27)4-2/h1,4-14H,2H2,(H,26,27)(H2,22,23,24,25). The zero-order chi connectivity index (χ0) is 19.1. The molecule has 0 aliphatic carbocycles. The zero-order valence-corrected chi connectivity index (χ0v) is 14.4. The summed E-state index contributed by atoms with van der Waals surface area (Å²) in [5.41, 5.74) is 3.05. The van der Waals surface area contributed by atoms with Gasteiger partial charge in [-0.1, -0.05) is 24.6 Å². The van der Waals surface area contributed by atoms with E-state index in [1.807, 2.05) is 36.4 Å². The fraction of sp³-hybridized carbons (Fsp3) is 0. The molecule has 2 aromatic carbocycles. The van der Waals surface area contributed by atoms with Gasteiger partial charge in [-0.15, -0.1) is 6.42 Å². The van der Waals surface area contributed by atoms with Gasteiger partial charge in [0.1, 0.15) is 18.0 Å². The van der Waals surface area contributed by atoms with Gasteiger partial charge in [0.25, 0.3) is 0 Å². The fourth-order valence-electron chi connectivity index (χ4n) is 2.34. The molecule has 0 fully saturated rings. The second kappa shape index (κ2) is 8.32. The van der Waals surface area contributed by atoms with Crippen LogP contribution in [0, 0.1) is 12.3 Å². The SMILES string of the molecule is C#Cc1cccc(Nc2cc(Nc3cccc(NC(=O)C=C)c3)ncn2)c1. The third-order valence-corrected chi connectivity index (χ3v) is 3.56. The summed E-state index contributed by atoms with van der Waals surface area (Å²) in [7, 11) is 0. The van der Waals surface area contributed by atoms with Crippen molar-refractivity contribution >= 4 is 34.6 Å². The third-order valence-electron chi connectivity index (χ3n) is 3.56. The van der Waals surface area contributed by atoms with Crippen LogP contribution in [0.5, 0.6) is 0 Å². The number of nitrogens with one attached hydrogen (secondary N) is 3. The van der Waals surface area contributed by atoms with Gasteiger partial charge in [-0.2, -0.15) is 0 Å². The lowest BCUT2D eigenvalue weighted by Crippen LogP contribution is -2.07. The van der Waals surface area contributed by atoms with Gasteiger partial charge in [-0.25, -0.2) is 9.97 Å². The number of hydrogen-bond acceptors (Lipinski definition) is 5. The lowest BCUT2D eigenvalue weighted by Gasteiger charge is -2.10. The van der Waals surface area contributed by atoms with Crippen LogP contribution in [0.3, 0.4) is 0 Å². The predicted octanol–water partition coefficient (Wildman–Crippen LogP) is 4.07. The highest BCUT2D eigenvalue weighted by Crippen LogP contribution is 2.22. The summed E-state index contributed by atoms with van der Waals surface area (Å²) in [6, 6.07) is 16.6. The quantitative estimate of drug-likeness (QED) is 0.459. The largest absolute Gasteiger partial charge is 0.340 e. The molecule has 3 N–H and O–H groups in total. The van der Waals surface area contributed by atoms with Crippen LogP contribution in [0.15, 0.2) is 73.6 Å². The van der Waals surface area contributed by atoms with Crippen molar-refractivity contribution < 1.29 is 4.79 Å². The Balaban J connectivity index is 1.74. The number of terminal acetylenes is 1. The number of anilines is 5. The summed E-state index contributed by atoms with van der Waals surface area (Å²) < 4.78 is 0. The lowest BCUT2D eigenvalue weighted by molar-refractivity contribution is -0.111. The number of aromatic nitrogens is 2. The van der Waals surface area contributed by atoms with E-state index >= 15 is 0 Å². The number of carbonyl (C=O) groups excluding carboxylic acids is 1. The van der Waals surface area contributed by atoms with Gasteiger partial charge < -0.3 is 16.0 Å². The van der Waals surface area contributed by atoms with E-state index in [0.29, 0.717) is 17.3 Å². The predicted molar refractivity (Wildman–Crippen MR) is 108 cm³/mol. The van der Waals surface area contributed by atoms with Crippen LogP contribution in [-0.4, -0.2) is 15.9 Å². The van der Waals surface area contributed by atoms with Crippen molar-refractivity contribution in [3.63, 3.8) is 0 Å². The first-order valence-corrected chi connectivity index (χ1v) is 8.12. The normalized spacial score (nSPS) is 9.74. The average molecular weight is 355 g/mol. The molecule has 0 aliphatic rings. The lowest BCUT2D eigenvalue weighted by atomic mass is 10.2. The number of hydrogen-bond donors (Lipinski definition) is 3. The van der Waals surface area contributed by atoms with Crippen molar-refractivity contribution in [1.82, 2.24) is 9.97 Å². The Morgan fingerprint density at radius 3 is 2.26 bits per heavy atom. The molecule has 0 bridgehead atoms. The van der Waals surface area contributed by atoms with Crippen molar-refractivity contribution in [2.75, 3.05) is 16.0 Å². The van der Waals surface area contributed by atoms with Crippen LogP contribution >= 0.6 is 0 Å². The molecule has 0 unspecified atom stereocenters. The molecule has 0 spiro atoms. The monoisotopic (exact) mass is 355 g/mol. The minimum absolute atomic E-state index is 0.269. The molecule has 3 rings (SSSR count). The van der Waals surface area contributed by atoms with Crippen LogP contribution in [-0.2, 0) is 4.79 Å². The molecule has 0 saturated heterocycles. The third kappa shape index (κ3) is 4.94. The van der Waals surface area contributed by atoms with Gasteiger partial charge in [-0.05, 0) is 42.5 Å². The van der Waals surface area contributed by atoms with E-state index in [1.54, 1.807) is 18.2 Å². The van der Waals surface area contributed by atoms with Gasteiger partial charge in [0.05, 0.1) is 0 Å². The number of benzene rings is 2. The molecule has 27 heavy (non-hydrogen) atoms. The van der Waals surface area contributed by atoms with E-state index in [1.165, 1.54) is 12.4 Å². The summed E-state index contributed by atoms with van der Waals surface area (Å²) in [5, 5.41) is 9.09. The van der Waals surface area contributed by atoms with Crippen molar-refractivity contribution in [2.45, 2.75) is 0 Å². The summed E-state index contributed by atoms with van der Waals surface area (Å²) in [6.07, 6.45) is 8.11. The number of carbonyl (C=O) groups is 1. The maximum Gasteiger partial charge on any atom is 0.247 e. The molecule has 1 aromatic heterocycles. The first-order chi connectivity index (χ1) is 13.2. The molecular formula is C21H17N5O. The summed E-state index contributed by atoms with van der Waals surface area (Å²) in [6.45, 7) is 3.44. The van der Waals surface area contributed by atoms with Crippen molar-refractivity contribution in [3.8, 4) is 12.3 Å². The van der Waals surface area contributed by atoms with Gasteiger partial charge in [0.15, 0.2) is 0 Å². The van der Waals surface area contributed by atoms with Crippen molar-refractivity contribution in [3.05, 3.63) is 79.1 Å². The summed E-state index contributed by atoms with van der Waals surface area (Å²) in [5.74, 6) is 3.56. The highest BCUT2D eigenvalue weighted by atomic mass is 16.1. The molecule has 6 nitrogen and oxygen atoms in total. The van der Waals surface area contributed by atoms with Crippen LogP contribution in [0.4, 0.5) is 28.7 Å². The number of rotatable bonds is 6. The topological polar surface area (TPSA) is 78.9 Å². The highest BCUT2D eigenvalue weighted by molar-refractivity contribution is 5.99. The molecule has 0 saturated carbocycles. The van der Waals surface area contributed by atoms with Gasteiger partial charge in [0, 0.05) is 28.7 Å². The molecule has 0 aliphatic heterocycles. The van der Waals surface area contributed by atoms with Crippen LogP contribution in [0.25, 0.3) is 0 Å². The van der Waals surface area contributed by atoms with E-state index in [9.17, 15) is 4.79 Å². The maximum atomic E-state index is 11.4. The first-order valence-electron chi connectivity index (χ1n) is 8.12. The van der Waals surface area contributed by atoms with Crippen molar-refractivity contribution in [1.29, 1.82) is 0 Å².